The van der Waals surface area contributed by atoms with Gasteiger partial charge in [0.1, 0.15) is 12.4 Å². The highest BCUT2D eigenvalue weighted by Gasteiger charge is 2.62. The Kier molecular flexibility index (Phi) is 3.29. The Morgan fingerprint density at radius 1 is 1.12 bits per heavy atom. The van der Waals surface area contributed by atoms with Gasteiger partial charge in [-0.2, -0.15) is 0 Å². The van der Waals surface area contributed by atoms with Crippen molar-refractivity contribution >= 4 is 5.69 Å². The second-order valence-corrected chi connectivity index (χ2v) is 7.27. The van der Waals surface area contributed by atoms with Gasteiger partial charge in [-0.3, -0.25) is 0 Å². The van der Waals surface area contributed by atoms with Crippen LogP contribution in [0.2, 0.25) is 0 Å². The van der Waals surface area contributed by atoms with Gasteiger partial charge in [-0.15, -0.1) is 0 Å². The number of aromatic nitrogens is 1. The number of nitrogens with two attached hydrogens (primary N) is 1. The molecule has 0 saturated heterocycles. The summed E-state index contributed by atoms with van der Waals surface area (Å²) in [7, 11) is 0. The summed E-state index contributed by atoms with van der Waals surface area (Å²) in [6.07, 6.45) is 3.22. The second kappa shape index (κ2) is 5.56. The molecule has 3 aromatic rings. The van der Waals surface area contributed by atoms with Crippen LogP contribution in [-0.4, -0.2) is 4.98 Å². The van der Waals surface area contributed by atoms with Crippen LogP contribution in [0.4, 0.5) is 10.1 Å². The molecule has 4 heteroatoms. The van der Waals surface area contributed by atoms with Crippen LogP contribution < -0.4 is 10.5 Å². The maximum absolute atomic E-state index is 14.1. The van der Waals surface area contributed by atoms with Crippen LogP contribution in [0.1, 0.15) is 28.7 Å². The number of nitrogen functional groups attached to an aromatic ring is 1. The number of ether oxygens (including phenoxy) is 1. The maximum Gasteiger partial charge on any atom is 0.217 e. The maximum atomic E-state index is 14.1. The predicted molar refractivity (Wildman–Crippen MR) is 98.4 cm³/mol. The minimum atomic E-state index is -0.323. The highest BCUT2D eigenvalue weighted by atomic mass is 19.1. The van der Waals surface area contributed by atoms with E-state index in [4.69, 9.17) is 10.5 Å². The lowest BCUT2D eigenvalue weighted by Crippen LogP contribution is -2.13. The molecule has 1 saturated carbocycles. The molecular weight excluding hydrogens is 327 g/mol. The van der Waals surface area contributed by atoms with E-state index in [1.807, 2.05) is 42.5 Å². The predicted octanol–water partition coefficient (Wildman–Crippen LogP) is 4.24. The Balaban J connectivity index is 1.53. The lowest BCUT2D eigenvalue weighted by Gasteiger charge is -2.19. The molecule has 2 N–H and O–H groups in total. The zero-order valence-electron chi connectivity index (χ0n) is 14.3. The standard InChI is InChI=1S/C22H19FN2O/c23-17-10-20(21(25-12-17)26-13-14-4-2-1-3-5-14)22-11-16(22)8-15-9-18(24)6-7-19(15)22/h1-7,9-10,12,16H,8,11,13,24H2. The van der Waals surface area contributed by atoms with Gasteiger partial charge in [0.25, 0.3) is 0 Å². The molecule has 0 spiro atoms. The van der Waals surface area contributed by atoms with Crippen LogP contribution in [0.5, 0.6) is 5.88 Å². The number of nitrogens with zero attached hydrogens (tertiary/aromatic N) is 1. The van der Waals surface area contributed by atoms with Crippen molar-refractivity contribution in [2.75, 3.05) is 5.73 Å². The zero-order valence-corrected chi connectivity index (χ0v) is 14.3. The summed E-state index contributed by atoms with van der Waals surface area (Å²) in [5.41, 5.74) is 11.0. The van der Waals surface area contributed by atoms with E-state index in [1.165, 1.54) is 17.3 Å². The SMILES string of the molecule is Nc1ccc2c(c1)CC1CC21c1cc(F)cnc1OCc1ccccc1. The lowest BCUT2D eigenvalue weighted by atomic mass is 9.88. The number of pyridine rings is 1. The quantitative estimate of drug-likeness (QED) is 0.719. The summed E-state index contributed by atoms with van der Waals surface area (Å²) in [6.45, 7) is 0.418. The molecule has 0 amide bonds. The van der Waals surface area contributed by atoms with Crippen LogP contribution in [0, 0.1) is 11.7 Å². The second-order valence-electron chi connectivity index (χ2n) is 7.27. The number of hydrogen-bond donors (Lipinski definition) is 1. The summed E-state index contributed by atoms with van der Waals surface area (Å²) >= 11 is 0. The highest BCUT2D eigenvalue weighted by molar-refractivity contribution is 5.61. The number of hydrogen-bond acceptors (Lipinski definition) is 3. The van der Waals surface area contributed by atoms with Crippen LogP contribution in [-0.2, 0) is 18.4 Å². The summed E-state index contributed by atoms with van der Waals surface area (Å²) in [6, 6.07) is 17.6. The van der Waals surface area contributed by atoms with E-state index in [-0.39, 0.29) is 11.2 Å². The fraction of sp³-hybridized carbons (Fsp3) is 0.227. The molecule has 2 unspecified atom stereocenters. The lowest BCUT2D eigenvalue weighted by molar-refractivity contribution is 0.287. The smallest absolute Gasteiger partial charge is 0.217 e. The van der Waals surface area contributed by atoms with Crippen molar-refractivity contribution < 1.29 is 9.13 Å². The zero-order chi connectivity index (χ0) is 17.7. The molecule has 3 nitrogen and oxygen atoms in total. The van der Waals surface area contributed by atoms with Crippen molar-refractivity contribution in [1.29, 1.82) is 0 Å². The first-order valence-electron chi connectivity index (χ1n) is 8.88. The monoisotopic (exact) mass is 346 g/mol. The fourth-order valence-electron chi connectivity index (χ4n) is 4.45. The Morgan fingerprint density at radius 2 is 1.96 bits per heavy atom. The Bertz CT molecular complexity index is 989. The molecule has 5 rings (SSSR count). The molecule has 130 valence electrons. The van der Waals surface area contributed by atoms with Gasteiger partial charge in [0.2, 0.25) is 5.88 Å². The van der Waals surface area contributed by atoms with Crippen molar-refractivity contribution in [2.24, 2.45) is 5.92 Å². The minimum absolute atomic E-state index is 0.176. The molecule has 2 aliphatic carbocycles. The van der Waals surface area contributed by atoms with Crippen LogP contribution in [0.25, 0.3) is 0 Å². The summed E-state index contributed by atoms with van der Waals surface area (Å²) < 4.78 is 20.1. The number of rotatable bonds is 4. The molecule has 2 atom stereocenters. The molecule has 0 aliphatic heterocycles. The van der Waals surface area contributed by atoms with Crippen molar-refractivity contribution in [3.05, 3.63) is 88.9 Å². The van der Waals surface area contributed by atoms with Gasteiger partial charge >= 0.3 is 0 Å². The third-order valence-electron chi connectivity index (χ3n) is 5.70. The Hall–Kier alpha value is -2.88. The average molecular weight is 346 g/mol. The normalized spacial score (nSPS) is 22.6. The van der Waals surface area contributed by atoms with Gasteiger partial charge < -0.3 is 10.5 Å². The first kappa shape index (κ1) is 15.4. The van der Waals surface area contributed by atoms with Gasteiger partial charge in [0, 0.05) is 16.7 Å². The molecule has 26 heavy (non-hydrogen) atoms. The summed E-state index contributed by atoms with van der Waals surface area (Å²) in [4.78, 5) is 4.28. The van der Waals surface area contributed by atoms with Crippen LogP contribution in [0.3, 0.4) is 0 Å². The van der Waals surface area contributed by atoms with E-state index in [0.717, 1.165) is 29.7 Å². The van der Waals surface area contributed by atoms with E-state index in [0.29, 0.717) is 18.4 Å². The third-order valence-corrected chi connectivity index (χ3v) is 5.70. The molecule has 2 aromatic carbocycles. The van der Waals surface area contributed by atoms with Crippen molar-refractivity contribution in [2.45, 2.75) is 24.9 Å². The van der Waals surface area contributed by atoms with Crippen molar-refractivity contribution in [3.8, 4) is 5.88 Å². The minimum Gasteiger partial charge on any atom is -0.473 e. The largest absolute Gasteiger partial charge is 0.473 e. The Morgan fingerprint density at radius 3 is 2.81 bits per heavy atom. The van der Waals surface area contributed by atoms with Gasteiger partial charge in [0.15, 0.2) is 0 Å². The topological polar surface area (TPSA) is 48.1 Å². The molecule has 1 heterocycles. The van der Waals surface area contributed by atoms with E-state index < -0.39 is 0 Å². The molecular formula is C22H19FN2O. The summed E-state index contributed by atoms with van der Waals surface area (Å²) in [5, 5.41) is 0. The number of fused-ring (bicyclic) bond motifs is 3. The molecule has 0 bridgehead atoms. The molecule has 1 fully saturated rings. The van der Waals surface area contributed by atoms with Crippen LogP contribution in [0.15, 0.2) is 60.8 Å². The van der Waals surface area contributed by atoms with Gasteiger partial charge in [-0.1, -0.05) is 36.4 Å². The van der Waals surface area contributed by atoms with E-state index in [1.54, 1.807) is 6.07 Å². The third kappa shape index (κ3) is 2.29. The fourth-order valence-corrected chi connectivity index (χ4v) is 4.45. The molecule has 0 radical (unpaired) electrons. The van der Waals surface area contributed by atoms with Gasteiger partial charge in [-0.25, -0.2) is 9.37 Å². The van der Waals surface area contributed by atoms with Crippen molar-refractivity contribution in [3.63, 3.8) is 0 Å². The molecule has 2 aliphatic rings. The molecule has 1 aromatic heterocycles. The van der Waals surface area contributed by atoms with Crippen molar-refractivity contribution in [1.82, 2.24) is 4.98 Å². The average Bonchev–Trinajstić information content (AvgIpc) is 3.28. The first-order chi connectivity index (χ1) is 12.7. The van der Waals surface area contributed by atoms with E-state index in [9.17, 15) is 4.39 Å². The van der Waals surface area contributed by atoms with Crippen LogP contribution >= 0.6 is 0 Å². The van der Waals surface area contributed by atoms with Gasteiger partial charge in [-0.05, 0) is 53.6 Å². The Labute approximate surface area is 151 Å². The number of anilines is 1. The number of halogens is 1. The number of benzene rings is 2. The summed E-state index contributed by atoms with van der Waals surface area (Å²) in [5.74, 6) is 0.681. The van der Waals surface area contributed by atoms with E-state index >= 15 is 0 Å². The highest BCUT2D eigenvalue weighted by Crippen LogP contribution is 2.66. The van der Waals surface area contributed by atoms with E-state index in [2.05, 4.69) is 11.1 Å². The first-order valence-corrected chi connectivity index (χ1v) is 8.88. The van der Waals surface area contributed by atoms with Gasteiger partial charge in [0.05, 0.1) is 6.20 Å².